The maximum absolute atomic E-state index is 12.8. The highest BCUT2D eigenvalue weighted by atomic mass is 16.5. The van der Waals surface area contributed by atoms with Crippen molar-refractivity contribution in [2.45, 2.75) is 26.4 Å². The summed E-state index contributed by atoms with van der Waals surface area (Å²) in [5.41, 5.74) is 9.71. The van der Waals surface area contributed by atoms with Gasteiger partial charge in [0.15, 0.2) is 11.5 Å². The molecule has 0 fully saturated rings. The van der Waals surface area contributed by atoms with Crippen molar-refractivity contribution in [3.63, 3.8) is 0 Å². The van der Waals surface area contributed by atoms with Crippen molar-refractivity contribution in [2.75, 3.05) is 7.11 Å². The number of fused-ring (bicyclic) bond motifs is 1. The number of H-pyrrole nitrogens is 1. The zero-order chi connectivity index (χ0) is 22.8. The van der Waals surface area contributed by atoms with E-state index in [0.717, 1.165) is 5.56 Å². The van der Waals surface area contributed by atoms with Gasteiger partial charge >= 0.3 is 0 Å². The molecule has 32 heavy (non-hydrogen) atoms. The van der Waals surface area contributed by atoms with Crippen LogP contribution in [-0.4, -0.2) is 12.1 Å². The molecule has 4 rings (SSSR count). The molecule has 0 amide bonds. The van der Waals surface area contributed by atoms with Crippen LogP contribution in [0.1, 0.15) is 33.9 Å². The van der Waals surface area contributed by atoms with Gasteiger partial charge in [0, 0.05) is 11.8 Å². The zero-order valence-corrected chi connectivity index (χ0v) is 18.1. The number of nitrogens with two attached hydrogens (primary N) is 1. The molecular weight excluding hydrogens is 406 g/mol. The van der Waals surface area contributed by atoms with E-state index in [-0.39, 0.29) is 17.0 Å². The molecule has 1 atom stereocenters. The van der Waals surface area contributed by atoms with Crippen molar-refractivity contribution in [3.05, 3.63) is 98.3 Å². The van der Waals surface area contributed by atoms with Crippen LogP contribution in [0, 0.1) is 25.2 Å². The molecule has 2 aromatic carbocycles. The second kappa shape index (κ2) is 8.52. The summed E-state index contributed by atoms with van der Waals surface area (Å²) in [7, 11) is 1.54. The molecule has 2 heterocycles. The van der Waals surface area contributed by atoms with E-state index in [1.165, 1.54) is 5.56 Å². The van der Waals surface area contributed by atoms with Crippen LogP contribution in [0.4, 0.5) is 0 Å². The van der Waals surface area contributed by atoms with Gasteiger partial charge in [-0.05, 0) is 37.1 Å². The van der Waals surface area contributed by atoms with Gasteiger partial charge in [0.2, 0.25) is 5.88 Å². The fourth-order valence-corrected chi connectivity index (χ4v) is 3.77. The Balaban J connectivity index is 1.73. The number of allylic oxidation sites excluding steroid dienone is 1. The highest BCUT2D eigenvalue weighted by molar-refractivity contribution is 5.57. The average Bonchev–Trinajstić information content (AvgIpc) is 2.77. The summed E-state index contributed by atoms with van der Waals surface area (Å²) in [5, 5.41) is 9.74. The summed E-state index contributed by atoms with van der Waals surface area (Å²) in [6.45, 7) is 4.16. The Morgan fingerprint density at radius 1 is 1.12 bits per heavy atom. The van der Waals surface area contributed by atoms with Gasteiger partial charge in [-0.25, -0.2) is 0 Å². The SMILES string of the molecule is COc1cc(C2C(C#N)=C(N)Oc3cc(C)[nH]c(=O)c32)ccc1OCc1ccc(C)cc1. The average molecular weight is 429 g/mol. The summed E-state index contributed by atoms with van der Waals surface area (Å²) < 4.78 is 17.1. The van der Waals surface area contributed by atoms with Gasteiger partial charge in [0.05, 0.1) is 18.6 Å². The second-order valence-electron chi connectivity index (χ2n) is 7.67. The van der Waals surface area contributed by atoms with Gasteiger partial charge in [-0.1, -0.05) is 35.9 Å². The minimum Gasteiger partial charge on any atom is -0.493 e. The Bertz CT molecular complexity index is 1300. The molecule has 0 radical (unpaired) electrons. The van der Waals surface area contributed by atoms with Gasteiger partial charge in [-0.2, -0.15) is 5.26 Å². The number of pyridine rings is 1. The van der Waals surface area contributed by atoms with E-state index in [1.807, 2.05) is 31.2 Å². The number of nitrogens with one attached hydrogen (secondary N) is 1. The fourth-order valence-electron chi connectivity index (χ4n) is 3.77. The molecule has 0 saturated heterocycles. The zero-order valence-electron chi connectivity index (χ0n) is 18.1. The largest absolute Gasteiger partial charge is 0.493 e. The minimum absolute atomic E-state index is 0.0198. The van der Waals surface area contributed by atoms with Crippen LogP contribution in [0.15, 0.2) is 64.8 Å². The van der Waals surface area contributed by atoms with Gasteiger partial charge < -0.3 is 24.9 Å². The predicted octanol–water partition coefficient (Wildman–Crippen LogP) is 3.80. The van der Waals surface area contributed by atoms with Crippen molar-refractivity contribution in [1.29, 1.82) is 5.26 Å². The molecule has 162 valence electrons. The van der Waals surface area contributed by atoms with Gasteiger partial charge in [-0.3, -0.25) is 4.79 Å². The van der Waals surface area contributed by atoms with Crippen LogP contribution >= 0.6 is 0 Å². The summed E-state index contributed by atoms with van der Waals surface area (Å²) in [4.78, 5) is 15.6. The van der Waals surface area contributed by atoms with Crippen molar-refractivity contribution in [2.24, 2.45) is 5.73 Å². The van der Waals surface area contributed by atoms with Crippen LogP contribution in [0.3, 0.4) is 0 Å². The quantitative estimate of drug-likeness (QED) is 0.638. The van der Waals surface area contributed by atoms with E-state index in [9.17, 15) is 10.1 Å². The lowest BCUT2D eigenvalue weighted by atomic mass is 9.84. The van der Waals surface area contributed by atoms with Crippen molar-refractivity contribution >= 4 is 0 Å². The first-order valence-electron chi connectivity index (χ1n) is 10.1. The van der Waals surface area contributed by atoms with Crippen LogP contribution < -0.4 is 25.5 Å². The number of methoxy groups -OCH3 is 1. The van der Waals surface area contributed by atoms with Gasteiger partial charge in [0.1, 0.15) is 24.0 Å². The lowest BCUT2D eigenvalue weighted by molar-refractivity contribution is 0.284. The molecule has 1 unspecified atom stereocenters. The lowest BCUT2D eigenvalue weighted by Crippen LogP contribution is -2.28. The molecular formula is C25H23N3O4. The van der Waals surface area contributed by atoms with Crippen LogP contribution in [0.2, 0.25) is 0 Å². The number of hydrogen-bond donors (Lipinski definition) is 2. The predicted molar refractivity (Wildman–Crippen MR) is 120 cm³/mol. The third-order valence-electron chi connectivity index (χ3n) is 5.39. The van der Waals surface area contributed by atoms with Gasteiger partial charge in [-0.15, -0.1) is 0 Å². The Labute approximate surface area is 185 Å². The number of aryl methyl sites for hydroxylation is 2. The van der Waals surface area contributed by atoms with E-state index in [1.54, 1.807) is 38.3 Å². The van der Waals surface area contributed by atoms with Crippen molar-refractivity contribution in [1.82, 2.24) is 4.98 Å². The third-order valence-corrected chi connectivity index (χ3v) is 5.39. The summed E-state index contributed by atoms with van der Waals surface area (Å²) >= 11 is 0. The standard InChI is InChI=1S/C25H23N3O4/c1-14-4-6-16(7-5-14)13-31-19-9-8-17(11-20(19)30-3)22-18(12-26)24(27)32-21-10-15(2)28-25(29)23(21)22/h4-11,22H,13,27H2,1-3H3,(H,28,29). The molecule has 0 spiro atoms. The third kappa shape index (κ3) is 3.91. The van der Waals surface area contributed by atoms with Gasteiger partial charge in [0.25, 0.3) is 5.56 Å². The number of benzene rings is 2. The van der Waals surface area contributed by atoms with E-state index in [2.05, 4.69) is 11.1 Å². The van der Waals surface area contributed by atoms with Crippen molar-refractivity contribution in [3.8, 4) is 23.3 Å². The topological polar surface area (TPSA) is 110 Å². The first-order chi connectivity index (χ1) is 15.4. The maximum atomic E-state index is 12.8. The molecule has 1 aliphatic heterocycles. The number of ether oxygens (including phenoxy) is 3. The first kappa shape index (κ1) is 21.1. The van der Waals surface area contributed by atoms with Crippen LogP contribution in [-0.2, 0) is 6.61 Å². The van der Waals surface area contributed by atoms with Crippen LogP contribution in [0.5, 0.6) is 17.2 Å². The van der Waals surface area contributed by atoms with Crippen LogP contribution in [0.25, 0.3) is 0 Å². The maximum Gasteiger partial charge on any atom is 0.256 e. The summed E-state index contributed by atoms with van der Waals surface area (Å²) in [5.74, 6) is 0.674. The minimum atomic E-state index is -0.687. The van der Waals surface area contributed by atoms with E-state index in [0.29, 0.717) is 40.7 Å². The number of aromatic nitrogens is 1. The number of nitrogens with zero attached hydrogens (tertiary/aromatic N) is 1. The lowest BCUT2D eigenvalue weighted by Gasteiger charge is -2.26. The molecule has 3 aromatic rings. The highest BCUT2D eigenvalue weighted by Crippen LogP contribution is 2.42. The highest BCUT2D eigenvalue weighted by Gasteiger charge is 2.33. The first-order valence-corrected chi connectivity index (χ1v) is 10.1. The smallest absolute Gasteiger partial charge is 0.256 e. The molecule has 1 aromatic heterocycles. The summed E-state index contributed by atoms with van der Waals surface area (Å²) in [6, 6.07) is 17.2. The fraction of sp³-hybridized carbons (Fsp3) is 0.200. The van der Waals surface area contributed by atoms with E-state index >= 15 is 0 Å². The van der Waals surface area contributed by atoms with E-state index in [4.69, 9.17) is 19.9 Å². The Kier molecular flexibility index (Phi) is 5.61. The summed E-state index contributed by atoms with van der Waals surface area (Å²) in [6.07, 6.45) is 0. The number of hydrogen-bond acceptors (Lipinski definition) is 6. The molecule has 0 aliphatic carbocycles. The monoisotopic (exact) mass is 429 g/mol. The molecule has 3 N–H and O–H groups in total. The Morgan fingerprint density at radius 3 is 2.56 bits per heavy atom. The number of nitriles is 1. The normalized spacial score (nSPS) is 14.9. The second-order valence-corrected chi connectivity index (χ2v) is 7.67. The molecule has 7 nitrogen and oxygen atoms in total. The Morgan fingerprint density at radius 2 is 1.88 bits per heavy atom. The van der Waals surface area contributed by atoms with Crippen molar-refractivity contribution < 1.29 is 14.2 Å². The Hall–Kier alpha value is -4.18. The number of rotatable bonds is 5. The van der Waals surface area contributed by atoms with E-state index < -0.39 is 5.92 Å². The molecule has 1 aliphatic rings. The molecule has 0 saturated carbocycles. The molecule has 0 bridgehead atoms. The number of aromatic amines is 1. The molecule has 7 heteroatoms.